The lowest BCUT2D eigenvalue weighted by atomic mass is 9.43. The molecule has 5 aliphatic carbocycles. The average molecular weight is 847 g/mol. The minimum atomic E-state index is 0.0569. The van der Waals surface area contributed by atoms with Gasteiger partial charge < -0.3 is 9.47 Å². The molecule has 66 heavy (non-hydrogen) atoms. The Labute approximate surface area is 387 Å². The standard InChI is InChI=1S/C64H50N2/c1-3-17-44(18-4-1)50-21-7-8-22-51(50)52-23-9-10-24-53(52)56-26-12-15-29-61(56)65(48-32-34-63-58(40-48)57-27-13-16-30-62(57)66(63)47-19-5-2-6-20-47)49-31-33-55-54-25-11-14-28-59(54)64(60(55)41-49)45-36-42-35-43(38-45)39-46(64)37-42/h1-34,40-43,45-46H,35-39H2. The molecular formula is C64H50N2. The highest BCUT2D eigenvalue weighted by Gasteiger charge is 2.61. The zero-order valence-corrected chi connectivity index (χ0v) is 37.0. The molecule has 2 nitrogen and oxygen atoms in total. The summed E-state index contributed by atoms with van der Waals surface area (Å²) in [5.41, 5.74) is 20.6. The van der Waals surface area contributed by atoms with Crippen LogP contribution in [0.2, 0.25) is 0 Å². The van der Waals surface area contributed by atoms with Crippen molar-refractivity contribution in [3.05, 3.63) is 230 Å². The number of hydrogen-bond acceptors (Lipinski definition) is 1. The van der Waals surface area contributed by atoms with E-state index in [1.54, 1.807) is 11.1 Å². The molecule has 2 heteroatoms. The van der Waals surface area contributed by atoms with E-state index in [9.17, 15) is 0 Å². The van der Waals surface area contributed by atoms with Crippen LogP contribution in [0.25, 0.3) is 72.0 Å². The first-order valence-corrected chi connectivity index (χ1v) is 24.2. The number of hydrogen-bond donors (Lipinski definition) is 0. The summed E-state index contributed by atoms with van der Waals surface area (Å²) in [5, 5.41) is 2.50. The first-order chi connectivity index (χ1) is 32.7. The Hall–Kier alpha value is -7.42. The van der Waals surface area contributed by atoms with Crippen molar-refractivity contribution in [2.24, 2.45) is 23.7 Å². The molecule has 1 spiro atoms. The lowest BCUT2D eigenvalue weighted by molar-refractivity contribution is -0.0399. The molecule has 1 heterocycles. The van der Waals surface area contributed by atoms with Gasteiger partial charge in [0.25, 0.3) is 0 Å². The van der Waals surface area contributed by atoms with Gasteiger partial charge in [0.2, 0.25) is 0 Å². The van der Waals surface area contributed by atoms with Gasteiger partial charge in [-0.3, -0.25) is 0 Å². The Morgan fingerprint density at radius 3 is 1.62 bits per heavy atom. The lowest BCUT2D eigenvalue weighted by Gasteiger charge is -2.61. The van der Waals surface area contributed by atoms with E-state index in [-0.39, 0.29) is 5.41 Å². The van der Waals surface area contributed by atoms with Crippen LogP contribution in [0.3, 0.4) is 0 Å². The number of benzene rings is 9. The van der Waals surface area contributed by atoms with E-state index in [1.165, 1.54) is 115 Å². The molecule has 0 saturated heterocycles. The summed E-state index contributed by atoms with van der Waals surface area (Å²) in [6.45, 7) is 0. The van der Waals surface area contributed by atoms with Crippen molar-refractivity contribution in [2.75, 3.05) is 4.90 Å². The van der Waals surface area contributed by atoms with Gasteiger partial charge in [-0.1, -0.05) is 164 Å². The van der Waals surface area contributed by atoms with Crippen LogP contribution in [0.1, 0.15) is 43.2 Å². The highest BCUT2D eigenvalue weighted by atomic mass is 15.1. The highest BCUT2D eigenvalue weighted by Crippen LogP contribution is 2.69. The number of aromatic nitrogens is 1. The van der Waals surface area contributed by atoms with Crippen molar-refractivity contribution in [2.45, 2.75) is 37.5 Å². The lowest BCUT2D eigenvalue weighted by Crippen LogP contribution is -2.55. The largest absolute Gasteiger partial charge is 0.310 e. The molecule has 5 aliphatic rings. The van der Waals surface area contributed by atoms with Crippen molar-refractivity contribution in [3.8, 4) is 50.2 Å². The van der Waals surface area contributed by atoms with E-state index in [0.717, 1.165) is 17.5 Å². The number of rotatable bonds is 7. The quantitative estimate of drug-likeness (QED) is 0.155. The van der Waals surface area contributed by atoms with E-state index in [0.29, 0.717) is 11.8 Å². The van der Waals surface area contributed by atoms with Crippen molar-refractivity contribution in [1.82, 2.24) is 4.57 Å². The predicted molar refractivity (Wildman–Crippen MR) is 275 cm³/mol. The van der Waals surface area contributed by atoms with Crippen molar-refractivity contribution < 1.29 is 0 Å². The van der Waals surface area contributed by atoms with E-state index in [1.807, 2.05) is 0 Å². The molecule has 4 fully saturated rings. The predicted octanol–water partition coefficient (Wildman–Crippen LogP) is 17.0. The van der Waals surface area contributed by atoms with Gasteiger partial charge in [0.15, 0.2) is 0 Å². The maximum atomic E-state index is 2.66. The molecule has 15 rings (SSSR count). The van der Waals surface area contributed by atoms with Gasteiger partial charge in [-0.15, -0.1) is 0 Å². The molecule has 10 aromatic rings. The fourth-order valence-electron chi connectivity index (χ4n) is 14.1. The summed E-state index contributed by atoms with van der Waals surface area (Å²) in [6, 6.07) is 81.9. The normalized spacial score (nSPS) is 21.1. The Bertz CT molecular complexity index is 3480. The van der Waals surface area contributed by atoms with Gasteiger partial charge in [0.1, 0.15) is 0 Å². The second-order valence-corrected chi connectivity index (χ2v) is 19.6. The number of fused-ring (bicyclic) bond motifs is 6. The fraction of sp³-hybridized carbons (Fsp3) is 0.156. The van der Waals surface area contributed by atoms with E-state index in [4.69, 9.17) is 0 Å². The molecule has 0 atom stereocenters. The summed E-state index contributed by atoms with van der Waals surface area (Å²) >= 11 is 0. The maximum Gasteiger partial charge on any atom is 0.0542 e. The Morgan fingerprint density at radius 1 is 0.364 bits per heavy atom. The number of para-hydroxylation sites is 3. The van der Waals surface area contributed by atoms with Crippen LogP contribution in [0.4, 0.5) is 17.1 Å². The second kappa shape index (κ2) is 14.8. The van der Waals surface area contributed by atoms with E-state index < -0.39 is 0 Å². The third kappa shape index (κ3) is 5.54. The molecule has 4 saturated carbocycles. The van der Waals surface area contributed by atoms with Crippen LogP contribution >= 0.6 is 0 Å². The van der Waals surface area contributed by atoms with E-state index >= 15 is 0 Å². The molecule has 9 aromatic carbocycles. The van der Waals surface area contributed by atoms with Crippen LogP contribution in [-0.2, 0) is 5.41 Å². The molecule has 316 valence electrons. The Morgan fingerprint density at radius 2 is 0.879 bits per heavy atom. The zero-order chi connectivity index (χ0) is 43.3. The molecule has 1 aromatic heterocycles. The number of anilines is 3. The summed E-state index contributed by atoms with van der Waals surface area (Å²) in [6.07, 6.45) is 6.90. The summed E-state index contributed by atoms with van der Waals surface area (Å²) in [7, 11) is 0. The Balaban J connectivity index is 1.02. The molecule has 4 bridgehead atoms. The third-order valence-corrected chi connectivity index (χ3v) is 16.4. The highest BCUT2D eigenvalue weighted by molar-refractivity contribution is 6.11. The minimum Gasteiger partial charge on any atom is -0.310 e. The molecule has 0 aliphatic heterocycles. The molecular weight excluding hydrogens is 797 g/mol. The maximum absolute atomic E-state index is 2.66. The van der Waals surface area contributed by atoms with E-state index in [2.05, 4.69) is 228 Å². The SMILES string of the molecule is c1ccc(-c2ccccc2-c2ccccc2-c2ccccc2N(c2ccc3c(c2)C2(c4ccccc4-3)C3CC4CC(C3)CC2C4)c2ccc3c(c2)c2ccccc2n3-c2ccccc2)cc1. The van der Waals surface area contributed by atoms with Crippen molar-refractivity contribution >= 4 is 38.9 Å². The van der Waals surface area contributed by atoms with Gasteiger partial charge in [0.05, 0.1) is 16.7 Å². The fourth-order valence-corrected chi connectivity index (χ4v) is 14.1. The van der Waals surface area contributed by atoms with Crippen LogP contribution in [0.5, 0.6) is 0 Å². The molecule has 0 radical (unpaired) electrons. The second-order valence-electron chi connectivity index (χ2n) is 19.6. The summed E-state index contributed by atoms with van der Waals surface area (Å²) in [4.78, 5) is 2.59. The first kappa shape index (κ1) is 37.9. The summed E-state index contributed by atoms with van der Waals surface area (Å²) in [5.74, 6) is 3.14. The van der Waals surface area contributed by atoms with Crippen molar-refractivity contribution in [3.63, 3.8) is 0 Å². The molecule has 0 amide bonds. The first-order valence-electron chi connectivity index (χ1n) is 24.2. The minimum absolute atomic E-state index is 0.0569. The van der Waals surface area contributed by atoms with Gasteiger partial charge in [-0.2, -0.15) is 0 Å². The van der Waals surface area contributed by atoms with Crippen LogP contribution < -0.4 is 4.90 Å². The Kier molecular flexibility index (Phi) is 8.50. The smallest absolute Gasteiger partial charge is 0.0542 e. The zero-order valence-electron chi connectivity index (χ0n) is 37.0. The van der Waals surface area contributed by atoms with Crippen LogP contribution in [0, 0.1) is 23.7 Å². The van der Waals surface area contributed by atoms with Gasteiger partial charge in [0, 0.05) is 38.8 Å². The third-order valence-electron chi connectivity index (χ3n) is 16.4. The van der Waals surface area contributed by atoms with Crippen LogP contribution in [-0.4, -0.2) is 4.57 Å². The van der Waals surface area contributed by atoms with Gasteiger partial charge in [-0.25, -0.2) is 0 Å². The molecule has 0 N–H and O–H groups in total. The monoisotopic (exact) mass is 846 g/mol. The topological polar surface area (TPSA) is 8.17 Å². The number of nitrogens with zero attached hydrogens (tertiary/aromatic N) is 2. The van der Waals surface area contributed by atoms with Crippen LogP contribution in [0.15, 0.2) is 218 Å². The molecule has 0 unspecified atom stereocenters. The summed E-state index contributed by atoms with van der Waals surface area (Å²) < 4.78 is 2.43. The average Bonchev–Trinajstić information content (AvgIpc) is 3.86. The van der Waals surface area contributed by atoms with Gasteiger partial charge >= 0.3 is 0 Å². The van der Waals surface area contributed by atoms with Gasteiger partial charge in [-0.05, 0) is 160 Å². The van der Waals surface area contributed by atoms with Crippen molar-refractivity contribution in [1.29, 1.82) is 0 Å².